The van der Waals surface area contributed by atoms with Crippen LogP contribution in [-0.4, -0.2) is 4.98 Å². The van der Waals surface area contributed by atoms with Crippen LogP contribution in [0.3, 0.4) is 0 Å². The van der Waals surface area contributed by atoms with Crippen molar-refractivity contribution in [2.45, 2.75) is 25.7 Å². The molecule has 1 aliphatic rings. The van der Waals surface area contributed by atoms with Crippen molar-refractivity contribution in [3.05, 3.63) is 76.4 Å². The van der Waals surface area contributed by atoms with Crippen molar-refractivity contribution in [2.75, 3.05) is 0 Å². The van der Waals surface area contributed by atoms with E-state index >= 15 is 0 Å². The third-order valence-corrected chi connectivity index (χ3v) is 5.05. The highest BCUT2D eigenvalue weighted by atomic mass is 79.9. The molecule has 4 rings (SSSR count). The highest BCUT2D eigenvalue weighted by Gasteiger charge is 2.17. The van der Waals surface area contributed by atoms with Crippen molar-refractivity contribution in [3.8, 4) is 22.4 Å². The fourth-order valence-electron chi connectivity index (χ4n) is 3.35. The quantitative estimate of drug-likeness (QED) is 0.539. The van der Waals surface area contributed by atoms with Gasteiger partial charge in [0.1, 0.15) is 0 Å². The molecule has 0 N–H and O–H groups in total. The van der Waals surface area contributed by atoms with Crippen LogP contribution in [0.1, 0.15) is 24.1 Å². The smallest absolute Gasteiger partial charge is 0.0711 e. The van der Waals surface area contributed by atoms with Gasteiger partial charge >= 0.3 is 0 Å². The molecule has 0 amide bonds. The van der Waals surface area contributed by atoms with Gasteiger partial charge in [-0.05, 0) is 60.6 Å². The Morgan fingerprint density at radius 2 is 1.52 bits per heavy atom. The molecule has 0 unspecified atom stereocenters. The zero-order chi connectivity index (χ0) is 15.6. The van der Waals surface area contributed by atoms with Gasteiger partial charge in [0.15, 0.2) is 0 Å². The molecular weight excluding hydrogens is 346 g/mol. The summed E-state index contributed by atoms with van der Waals surface area (Å²) in [5.41, 5.74) is 7.64. The first-order valence-corrected chi connectivity index (χ1v) is 8.95. The maximum atomic E-state index is 4.98. The molecule has 23 heavy (non-hydrogen) atoms. The van der Waals surface area contributed by atoms with Gasteiger partial charge in [-0.1, -0.05) is 58.4 Å². The summed E-state index contributed by atoms with van der Waals surface area (Å²) in [7, 11) is 0. The van der Waals surface area contributed by atoms with E-state index in [1.165, 1.54) is 40.8 Å². The minimum Gasteiger partial charge on any atom is -0.253 e. The number of hydrogen-bond donors (Lipinski definition) is 0. The van der Waals surface area contributed by atoms with Crippen LogP contribution in [0, 0.1) is 0 Å². The Labute approximate surface area is 145 Å². The highest BCUT2D eigenvalue weighted by Crippen LogP contribution is 2.34. The number of rotatable bonds is 2. The van der Waals surface area contributed by atoms with E-state index in [2.05, 4.69) is 76.6 Å². The average molecular weight is 364 g/mol. The number of aromatic nitrogens is 1. The molecule has 3 aromatic rings. The predicted molar refractivity (Wildman–Crippen MR) is 99.5 cm³/mol. The molecule has 1 nitrogen and oxygen atoms in total. The maximum absolute atomic E-state index is 4.98. The van der Waals surface area contributed by atoms with E-state index < -0.39 is 0 Å². The molecule has 2 aromatic carbocycles. The molecule has 1 heterocycles. The molecule has 0 bridgehead atoms. The fraction of sp³-hybridized carbons (Fsp3) is 0.190. The second kappa shape index (κ2) is 6.29. The van der Waals surface area contributed by atoms with E-state index in [1.54, 1.807) is 0 Å². The maximum Gasteiger partial charge on any atom is 0.0711 e. The van der Waals surface area contributed by atoms with Gasteiger partial charge in [-0.25, -0.2) is 0 Å². The predicted octanol–water partition coefficient (Wildman–Crippen LogP) is 6.06. The SMILES string of the molecule is Brc1ccc(-c2cc(-c3ccccc3)nc3c2CCCC3)cc1. The van der Waals surface area contributed by atoms with Crippen LogP contribution < -0.4 is 0 Å². The van der Waals surface area contributed by atoms with E-state index in [4.69, 9.17) is 4.98 Å². The van der Waals surface area contributed by atoms with Gasteiger partial charge in [-0.3, -0.25) is 4.98 Å². The van der Waals surface area contributed by atoms with Crippen LogP contribution in [0.15, 0.2) is 65.1 Å². The van der Waals surface area contributed by atoms with Gasteiger partial charge < -0.3 is 0 Å². The molecular formula is C21H18BrN. The molecule has 1 aliphatic carbocycles. The van der Waals surface area contributed by atoms with Crippen molar-refractivity contribution in [1.29, 1.82) is 0 Å². The van der Waals surface area contributed by atoms with Crippen LogP contribution in [0.5, 0.6) is 0 Å². The Hall–Kier alpha value is -1.93. The molecule has 114 valence electrons. The lowest BCUT2D eigenvalue weighted by molar-refractivity contribution is 0.670. The van der Waals surface area contributed by atoms with Crippen molar-refractivity contribution >= 4 is 15.9 Å². The van der Waals surface area contributed by atoms with E-state index in [-0.39, 0.29) is 0 Å². The van der Waals surface area contributed by atoms with Crippen LogP contribution >= 0.6 is 15.9 Å². The Morgan fingerprint density at radius 3 is 2.30 bits per heavy atom. The van der Waals surface area contributed by atoms with E-state index in [0.717, 1.165) is 23.0 Å². The minimum absolute atomic E-state index is 1.09. The van der Waals surface area contributed by atoms with Gasteiger partial charge in [0, 0.05) is 15.7 Å². The molecule has 0 atom stereocenters. The summed E-state index contributed by atoms with van der Waals surface area (Å²) in [5.74, 6) is 0. The third kappa shape index (κ3) is 2.96. The standard InChI is InChI=1S/C21H18BrN/c22-17-12-10-15(11-13-17)19-14-21(16-6-2-1-3-7-16)23-20-9-5-4-8-18(19)20/h1-3,6-7,10-14H,4-5,8-9H2. The third-order valence-electron chi connectivity index (χ3n) is 4.53. The zero-order valence-corrected chi connectivity index (χ0v) is 14.5. The fourth-order valence-corrected chi connectivity index (χ4v) is 3.61. The second-order valence-electron chi connectivity index (χ2n) is 6.06. The topological polar surface area (TPSA) is 12.9 Å². The molecule has 2 heteroatoms. The first-order valence-electron chi connectivity index (χ1n) is 8.15. The summed E-state index contributed by atoms with van der Waals surface area (Å²) in [6.45, 7) is 0. The summed E-state index contributed by atoms with van der Waals surface area (Å²) in [6, 6.07) is 21.4. The van der Waals surface area contributed by atoms with Crippen LogP contribution in [-0.2, 0) is 12.8 Å². The first-order chi connectivity index (χ1) is 11.3. The van der Waals surface area contributed by atoms with Gasteiger partial charge in [0.25, 0.3) is 0 Å². The summed E-state index contributed by atoms with van der Waals surface area (Å²) < 4.78 is 1.12. The Kier molecular flexibility index (Phi) is 4.00. The number of halogens is 1. The number of aryl methyl sites for hydroxylation is 1. The second-order valence-corrected chi connectivity index (χ2v) is 6.98. The van der Waals surface area contributed by atoms with E-state index in [1.807, 2.05) is 0 Å². The molecule has 0 spiro atoms. The van der Waals surface area contributed by atoms with Crippen molar-refractivity contribution in [2.24, 2.45) is 0 Å². The van der Waals surface area contributed by atoms with Crippen molar-refractivity contribution < 1.29 is 0 Å². The van der Waals surface area contributed by atoms with Crippen molar-refractivity contribution in [1.82, 2.24) is 4.98 Å². The van der Waals surface area contributed by atoms with Gasteiger partial charge in [-0.2, -0.15) is 0 Å². The largest absolute Gasteiger partial charge is 0.253 e. The minimum atomic E-state index is 1.09. The van der Waals surface area contributed by atoms with Gasteiger partial charge in [0.2, 0.25) is 0 Å². The molecule has 0 radical (unpaired) electrons. The average Bonchev–Trinajstić information content (AvgIpc) is 2.62. The molecule has 1 aromatic heterocycles. The lowest BCUT2D eigenvalue weighted by Crippen LogP contribution is -2.08. The Morgan fingerprint density at radius 1 is 0.783 bits per heavy atom. The number of benzene rings is 2. The van der Waals surface area contributed by atoms with Gasteiger partial charge in [0.05, 0.1) is 5.69 Å². The zero-order valence-electron chi connectivity index (χ0n) is 12.9. The van der Waals surface area contributed by atoms with E-state index in [9.17, 15) is 0 Å². The first kappa shape index (κ1) is 14.6. The summed E-state index contributed by atoms with van der Waals surface area (Å²) in [6.07, 6.45) is 4.75. The summed E-state index contributed by atoms with van der Waals surface area (Å²) in [5, 5.41) is 0. The van der Waals surface area contributed by atoms with Crippen LogP contribution in [0.2, 0.25) is 0 Å². The highest BCUT2D eigenvalue weighted by molar-refractivity contribution is 9.10. The number of pyridine rings is 1. The lowest BCUT2D eigenvalue weighted by Gasteiger charge is -2.20. The molecule has 0 saturated carbocycles. The normalized spacial score (nSPS) is 13.6. The molecule has 0 fully saturated rings. The van der Waals surface area contributed by atoms with Crippen molar-refractivity contribution in [3.63, 3.8) is 0 Å². The monoisotopic (exact) mass is 363 g/mol. The summed E-state index contributed by atoms with van der Waals surface area (Å²) in [4.78, 5) is 4.98. The Balaban J connectivity index is 1.91. The van der Waals surface area contributed by atoms with E-state index in [0.29, 0.717) is 0 Å². The molecule has 0 saturated heterocycles. The molecule has 0 aliphatic heterocycles. The number of nitrogens with zero attached hydrogens (tertiary/aromatic N) is 1. The van der Waals surface area contributed by atoms with Crippen LogP contribution in [0.25, 0.3) is 22.4 Å². The summed E-state index contributed by atoms with van der Waals surface area (Å²) >= 11 is 3.53. The van der Waals surface area contributed by atoms with Crippen LogP contribution in [0.4, 0.5) is 0 Å². The number of fused-ring (bicyclic) bond motifs is 1. The lowest BCUT2D eigenvalue weighted by atomic mass is 9.88. The number of hydrogen-bond acceptors (Lipinski definition) is 1. The van der Waals surface area contributed by atoms with Gasteiger partial charge in [-0.15, -0.1) is 0 Å². The Bertz CT molecular complexity index is 822.